The number of amides is 1. The van der Waals surface area contributed by atoms with Gasteiger partial charge in [0.15, 0.2) is 32.9 Å². The van der Waals surface area contributed by atoms with Crippen LogP contribution in [0.1, 0.15) is 39.1 Å². The lowest BCUT2D eigenvalue weighted by atomic mass is 10.1. The largest absolute Gasteiger partial charge is 0.480 e. The van der Waals surface area contributed by atoms with Gasteiger partial charge < -0.3 is 14.6 Å². The number of nitrogens with one attached hydrogen (secondary N) is 1. The second-order valence-electron chi connectivity index (χ2n) is 9.35. The van der Waals surface area contributed by atoms with Crippen molar-refractivity contribution in [3.05, 3.63) is 83.7 Å². The number of benzene rings is 3. The van der Waals surface area contributed by atoms with Crippen molar-refractivity contribution >= 4 is 32.5 Å². The van der Waals surface area contributed by atoms with E-state index in [1.54, 1.807) is 45.0 Å². The van der Waals surface area contributed by atoms with Crippen LogP contribution in [0.5, 0.6) is 5.75 Å². The van der Waals surface area contributed by atoms with Gasteiger partial charge in [0.05, 0.1) is 28.1 Å². The summed E-state index contributed by atoms with van der Waals surface area (Å²) in [5.41, 5.74) is 1.59. The topological polar surface area (TPSA) is 90.3 Å². The van der Waals surface area contributed by atoms with E-state index in [0.29, 0.717) is 29.1 Å². The number of carbonyl (C=O) groups excluding carboxylic acids is 1. The number of hydrogen-bond acceptors (Lipinski definition) is 5. The lowest BCUT2D eigenvalue weighted by Crippen LogP contribution is -2.29. The summed E-state index contributed by atoms with van der Waals surface area (Å²) in [6.07, 6.45) is 0.00879. The van der Waals surface area contributed by atoms with Crippen LogP contribution < -0.4 is 10.1 Å². The minimum atomic E-state index is -3.37. The number of imidazole rings is 1. The van der Waals surface area contributed by atoms with Gasteiger partial charge in [-0.15, -0.1) is 0 Å². The first-order valence-corrected chi connectivity index (χ1v) is 13.8. The van der Waals surface area contributed by atoms with Crippen molar-refractivity contribution in [2.75, 3.05) is 11.1 Å². The Hall–Kier alpha value is -3.79. The number of rotatable bonds is 9. The third kappa shape index (κ3) is 5.70. The van der Waals surface area contributed by atoms with Crippen LogP contribution in [0, 0.1) is 11.6 Å². The summed E-state index contributed by atoms with van der Waals surface area (Å²) >= 11 is 0. The number of aromatic nitrogens is 2. The maximum Gasteiger partial charge on any atom is 0.228 e. The van der Waals surface area contributed by atoms with E-state index in [-0.39, 0.29) is 28.7 Å². The Kier molecular flexibility index (Phi) is 7.55. The first-order chi connectivity index (χ1) is 17.9. The van der Waals surface area contributed by atoms with Crippen LogP contribution in [0.2, 0.25) is 0 Å². The van der Waals surface area contributed by atoms with Crippen LogP contribution in [0.15, 0.2) is 65.6 Å². The maximum atomic E-state index is 13.7. The molecular formula is C28H29F2N3O4S. The Morgan fingerprint density at radius 1 is 1.03 bits per heavy atom. The molecule has 0 aliphatic heterocycles. The van der Waals surface area contributed by atoms with E-state index in [4.69, 9.17) is 9.72 Å². The monoisotopic (exact) mass is 541 g/mol. The predicted molar refractivity (Wildman–Crippen MR) is 142 cm³/mol. The molecule has 0 spiro atoms. The molecule has 0 atom stereocenters. The molecule has 0 unspecified atom stereocenters. The molecule has 4 aromatic rings. The molecule has 0 aliphatic carbocycles. The molecule has 38 heavy (non-hydrogen) atoms. The standard InChI is InChI=1S/C28H29F2N3O4S/c1-5-33-25-13-10-19(31-26(34)15-18-8-7-9-21(14-18)38(35,36)6-2)16-24(25)32-27(33)28(3,4)37-20-11-12-22(29)23(30)17-20/h7-14,16-17H,5-6,15H2,1-4H3,(H,31,34). The average molecular weight is 542 g/mol. The molecule has 0 saturated carbocycles. The molecule has 1 N–H and O–H groups in total. The fourth-order valence-electron chi connectivity index (χ4n) is 4.27. The molecule has 3 aromatic carbocycles. The summed E-state index contributed by atoms with van der Waals surface area (Å²) in [6.45, 7) is 7.69. The van der Waals surface area contributed by atoms with Gasteiger partial charge in [-0.05, 0) is 68.8 Å². The number of aryl methyl sites for hydroxylation is 1. The van der Waals surface area contributed by atoms with E-state index < -0.39 is 27.1 Å². The van der Waals surface area contributed by atoms with Crippen molar-refractivity contribution in [1.82, 2.24) is 9.55 Å². The summed E-state index contributed by atoms with van der Waals surface area (Å²) < 4.78 is 59.3. The Balaban J connectivity index is 1.56. The van der Waals surface area contributed by atoms with E-state index in [2.05, 4.69) is 5.32 Å². The van der Waals surface area contributed by atoms with Crippen LogP contribution in [0.3, 0.4) is 0 Å². The molecule has 0 aliphatic rings. The lowest BCUT2D eigenvalue weighted by Gasteiger charge is -2.26. The Morgan fingerprint density at radius 2 is 1.79 bits per heavy atom. The molecule has 7 nitrogen and oxygen atoms in total. The number of nitrogens with zero attached hydrogens (tertiary/aromatic N) is 2. The number of ether oxygens (including phenoxy) is 1. The Morgan fingerprint density at radius 3 is 2.47 bits per heavy atom. The van der Waals surface area contributed by atoms with Gasteiger partial charge in [-0.25, -0.2) is 22.2 Å². The smallest absolute Gasteiger partial charge is 0.228 e. The zero-order chi connectivity index (χ0) is 27.7. The predicted octanol–water partition coefficient (Wildman–Crippen LogP) is 5.62. The molecule has 0 radical (unpaired) electrons. The zero-order valence-corrected chi connectivity index (χ0v) is 22.4. The van der Waals surface area contributed by atoms with Gasteiger partial charge in [-0.1, -0.05) is 19.1 Å². The summed E-state index contributed by atoms with van der Waals surface area (Å²) in [6, 6.07) is 15.1. The summed E-state index contributed by atoms with van der Waals surface area (Å²) in [4.78, 5) is 17.7. The highest BCUT2D eigenvalue weighted by molar-refractivity contribution is 7.91. The first kappa shape index (κ1) is 27.3. The molecular weight excluding hydrogens is 512 g/mol. The van der Waals surface area contributed by atoms with Gasteiger partial charge in [0.2, 0.25) is 5.91 Å². The van der Waals surface area contributed by atoms with Crippen LogP contribution >= 0.6 is 0 Å². The summed E-state index contributed by atoms with van der Waals surface area (Å²) in [5.74, 6) is -1.51. The minimum absolute atomic E-state index is 0.00879. The van der Waals surface area contributed by atoms with Gasteiger partial charge in [0.1, 0.15) is 5.75 Å². The highest BCUT2D eigenvalue weighted by atomic mass is 32.2. The number of hydrogen-bond donors (Lipinski definition) is 1. The van der Waals surface area contributed by atoms with Crippen molar-refractivity contribution in [1.29, 1.82) is 0 Å². The van der Waals surface area contributed by atoms with Crippen LogP contribution in [-0.2, 0) is 33.2 Å². The van der Waals surface area contributed by atoms with E-state index in [0.717, 1.165) is 17.6 Å². The number of carbonyl (C=O) groups is 1. The second-order valence-corrected chi connectivity index (χ2v) is 11.6. The Bertz CT molecular complexity index is 1610. The molecule has 200 valence electrons. The number of halogens is 2. The molecule has 4 rings (SSSR count). The molecule has 0 bridgehead atoms. The van der Waals surface area contributed by atoms with Crippen molar-refractivity contribution in [3.8, 4) is 5.75 Å². The van der Waals surface area contributed by atoms with E-state index in [1.165, 1.54) is 18.2 Å². The van der Waals surface area contributed by atoms with Gasteiger partial charge >= 0.3 is 0 Å². The van der Waals surface area contributed by atoms with E-state index in [9.17, 15) is 22.0 Å². The summed E-state index contributed by atoms with van der Waals surface area (Å²) in [5, 5.41) is 2.85. The highest BCUT2D eigenvalue weighted by Gasteiger charge is 2.30. The van der Waals surface area contributed by atoms with Gasteiger partial charge in [-0.3, -0.25) is 4.79 Å². The molecule has 1 aromatic heterocycles. The molecule has 1 heterocycles. The number of sulfone groups is 1. The van der Waals surface area contributed by atoms with Gasteiger partial charge in [0, 0.05) is 18.3 Å². The third-order valence-electron chi connectivity index (χ3n) is 6.15. The third-order valence-corrected chi connectivity index (χ3v) is 7.89. The fourth-order valence-corrected chi connectivity index (χ4v) is 5.22. The normalized spacial score (nSPS) is 12.1. The van der Waals surface area contributed by atoms with Crippen molar-refractivity contribution in [3.63, 3.8) is 0 Å². The molecule has 0 fully saturated rings. The van der Waals surface area contributed by atoms with E-state index >= 15 is 0 Å². The molecule has 1 amide bonds. The minimum Gasteiger partial charge on any atom is -0.480 e. The van der Waals surface area contributed by atoms with Crippen LogP contribution in [0.4, 0.5) is 14.5 Å². The highest BCUT2D eigenvalue weighted by Crippen LogP contribution is 2.31. The fraction of sp³-hybridized carbons (Fsp3) is 0.286. The number of fused-ring (bicyclic) bond motifs is 1. The number of anilines is 1. The van der Waals surface area contributed by atoms with Crippen molar-refractivity contribution in [2.24, 2.45) is 0 Å². The summed E-state index contributed by atoms with van der Waals surface area (Å²) in [7, 11) is -3.37. The van der Waals surface area contributed by atoms with Crippen molar-refractivity contribution in [2.45, 2.75) is 51.2 Å². The van der Waals surface area contributed by atoms with Crippen LogP contribution in [-0.4, -0.2) is 29.6 Å². The first-order valence-electron chi connectivity index (χ1n) is 12.2. The van der Waals surface area contributed by atoms with Crippen LogP contribution in [0.25, 0.3) is 11.0 Å². The average Bonchev–Trinajstić information content (AvgIpc) is 3.25. The second kappa shape index (κ2) is 10.5. The quantitative estimate of drug-likeness (QED) is 0.297. The molecule has 10 heteroatoms. The zero-order valence-electron chi connectivity index (χ0n) is 21.6. The van der Waals surface area contributed by atoms with Gasteiger partial charge in [0.25, 0.3) is 0 Å². The molecule has 0 saturated heterocycles. The lowest BCUT2D eigenvalue weighted by molar-refractivity contribution is -0.115. The van der Waals surface area contributed by atoms with Crippen molar-refractivity contribution < 1.29 is 26.7 Å². The maximum absolute atomic E-state index is 13.7. The van der Waals surface area contributed by atoms with Gasteiger partial charge in [-0.2, -0.15) is 0 Å². The SMILES string of the molecule is CCn1c(C(C)(C)Oc2ccc(F)c(F)c2)nc2cc(NC(=O)Cc3cccc(S(=O)(=O)CC)c3)ccc21. The Labute approximate surface area is 220 Å². The van der Waals surface area contributed by atoms with E-state index in [1.807, 2.05) is 17.6 Å².